The molecule has 26 heavy (non-hydrogen) atoms. The largest absolute Gasteiger partial charge is 0.714 e. The minimum absolute atomic E-state index is 0.0446. The van der Waals surface area contributed by atoms with Crippen LogP contribution in [-0.4, -0.2) is 85.4 Å². The lowest BCUT2D eigenvalue weighted by Gasteiger charge is -2.39. The summed E-state index contributed by atoms with van der Waals surface area (Å²) in [7, 11) is -6.29. The highest BCUT2D eigenvalue weighted by molar-refractivity contribution is 8.14. The molecular formula is C12H20NO10S3-. The van der Waals surface area contributed by atoms with Crippen molar-refractivity contribution in [1.82, 2.24) is 0 Å². The lowest BCUT2D eigenvalue weighted by atomic mass is 10.0. The van der Waals surface area contributed by atoms with E-state index in [2.05, 4.69) is 9.44 Å². The van der Waals surface area contributed by atoms with E-state index >= 15 is 0 Å². The van der Waals surface area contributed by atoms with Crippen molar-refractivity contribution < 1.29 is 46.6 Å². The summed E-state index contributed by atoms with van der Waals surface area (Å²) in [5, 5.41) is 43.1. The molecule has 1 heterocycles. The Morgan fingerprint density at radius 2 is 2.00 bits per heavy atom. The fourth-order valence-electron chi connectivity index (χ4n) is 1.92. The predicted octanol–water partition coefficient (Wildman–Crippen LogP) is -2.02. The molecule has 6 atom stereocenters. The monoisotopic (exact) mass is 434 g/mol. The minimum atomic E-state index is -5.10. The maximum absolute atomic E-state index is 11.0. The Morgan fingerprint density at radius 3 is 2.54 bits per heavy atom. The first-order valence-corrected chi connectivity index (χ1v) is 11.1. The molecule has 0 aromatic carbocycles. The lowest BCUT2D eigenvalue weighted by molar-refractivity contribution is -0.205. The fraction of sp³-hybridized carbons (Fsp3) is 0.750. The third kappa shape index (κ3) is 7.98. The second kappa shape index (κ2) is 10.7. The number of aliphatic hydroxyl groups is 4. The van der Waals surface area contributed by atoms with Crippen LogP contribution >= 0.6 is 11.8 Å². The van der Waals surface area contributed by atoms with Crippen LogP contribution in [0.15, 0.2) is 16.6 Å². The quantitative estimate of drug-likeness (QED) is 0.109. The number of oxime groups is 1. The summed E-state index contributed by atoms with van der Waals surface area (Å²) in [6, 6.07) is 0. The molecule has 1 aliphatic rings. The molecule has 1 aliphatic heterocycles. The number of hydrogen-bond acceptors (Lipinski definition) is 12. The zero-order valence-corrected chi connectivity index (χ0v) is 16.0. The van der Waals surface area contributed by atoms with Crippen LogP contribution in [0.5, 0.6) is 0 Å². The van der Waals surface area contributed by atoms with Gasteiger partial charge in [0.25, 0.3) is 10.4 Å². The van der Waals surface area contributed by atoms with Gasteiger partial charge in [0.15, 0.2) is 0 Å². The predicted molar refractivity (Wildman–Crippen MR) is 92.0 cm³/mol. The molecule has 0 aromatic rings. The average Bonchev–Trinajstić information content (AvgIpc) is 2.55. The first-order valence-electron chi connectivity index (χ1n) is 7.22. The Morgan fingerprint density at radius 1 is 1.35 bits per heavy atom. The van der Waals surface area contributed by atoms with Crippen molar-refractivity contribution >= 4 is 38.0 Å². The van der Waals surface area contributed by atoms with Crippen molar-refractivity contribution in [3.05, 3.63) is 11.5 Å². The Bertz CT molecular complexity index is 635. The van der Waals surface area contributed by atoms with E-state index in [1.165, 1.54) is 17.7 Å². The van der Waals surface area contributed by atoms with Gasteiger partial charge in [0.1, 0.15) is 34.9 Å². The van der Waals surface area contributed by atoms with Crippen LogP contribution in [0, 0.1) is 0 Å². The SMILES string of the molecule is CS(=O)/C=C/CCC(=NOS(=O)(=O)[O-])S[C@@H]1O[C@H](CO)[C@@H](O)[C@H](O)[C@H]1O. The molecule has 14 heteroatoms. The van der Waals surface area contributed by atoms with Crippen LogP contribution in [-0.2, 0) is 30.2 Å². The van der Waals surface area contributed by atoms with Gasteiger partial charge in [0.2, 0.25) is 0 Å². The van der Waals surface area contributed by atoms with Crippen molar-refractivity contribution in [1.29, 1.82) is 0 Å². The molecule has 1 unspecified atom stereocenters. The van der Waals surface area contributed by atoms with E-state index in [1.54, 1.807) is 0 Å². The van der Waals surface area contributed by atoms with Crippen LogP contribution in [0.4, 0.5) is 0 Å². The number of hydrogen-bond donors (Lipinski definition) is 4. The molecule has 4 N–H and O–H groups in total. The number of aliphatic hydroxyl groups excluding tert-OH is 4. The van der Waals surface area contributed by atoms with Crippen LogP contribution < -0.4 is 0 Å². The van der Waals surface area contributed by atoms with Crippen molar-refractivity contribution in [2.75, 3.05) is 12.9 Å². The first-order chi connectivity index (χ1) is 12.0. The molecule has 0 spiro atoms. The second-order valence-corrected chi connectivity index (χ2v) is 8.60. The zero-order valence-electron chi connectivity index (χ0n) is 13.6. The zero-order chi connectivity index (χ0) is 19.9. The van der Waals surface area contributed by atoms with Gasteiger partial charge in [-0.3, -0.25) is 8.49 Å². The third-order valence-corrected chi connectivity index (χ3v) is 5.15. The van der Waals surface area contributed by atoms with Gasteiger partial charge in [0.05, 0.1) is 6.61 Å². The Balaban J connectivity index is 2.87. The highest BCUT2D eigenvalue weighted by Gasteiger charge is 2.44. The molecule has 0 amide bonds. The molecular weight excluding hydrogens is 414 g/mol. The van der Waals surface area contributed by atoms with Crippen LogP contribution in [0.3, 0.4) is 0 Å². The number of nitrogens with zero attached hydrogens (tertiary/aromatic N) is 1. The summed E-state index contributed by atoms with van der Waals surface area (Å²) in [5.74, 6) is 0. The first kappa shape index (κ1) is 23.5. The Kier molecular flexibility index (Phi) is 9.63. The van der Waals surface area contributed by atoms with Crippen molar-refractivity contribution in [3.8, 4) is 0 Å². The molecule has 0 radical (unpaired) electrons. The van der Waals surface area contributed by atoms with Gasteiger partial charge in [-0.1, -0.05) is 23.0 Å². The number of ether oxygens (including phenoxy) is 1. The number of rotatable bonds is 8. The highest BCUT2D eigenvalue weighted by atomic mass is 32.3. The maximum Gasteiger partial charge on any atom is 0.284 e. The van der Waals surface area contributed by atoms with Gasteiger partial charge >= 0.3 is 0 Å². The Hall–Kier alpha value is -0.580. The number of allylic oxidation sites excluding steroid dienone is 1. The molecule has 1 rings (SSSR count). The molecule has 1 fully saturated rings. The molecule has 0 saturated carbocycles. The standard InChI is InChI=1S/C12H21NO10S3/c1-25(18)5-3-2-4-8(13-23-26(19,20)21)24-12-11(17)10(16)9(15)7(6-14)22-12/h3,5,7,9-12,14-17H,2,4,6H2,1H3,(H,19,20,21)/p-1/b5-3+,13-8?/t7-,9-,10+,11-,12+,25?/m1/s1. The van der Waals surface area contributed by atoms with Crippen LogP contribution in [0.25, 0.3) is 0 Å². The van der Waals surface area contributed by atoms with E-state index in [-0.39, 0.29) is 17.9 Å². The topological polar surface area (TPSA) is 186 Å². The van der Waals surface area contributed by atoms with E-state index in [0.717, 1.165) is 0 Å². The van der Waals surface area contributed by atoms with Gasteiger partial charge in [-0.15, -0.1) is 0 Å². The fourth-order valence-corrected chi connectivity index (χ4v) is 3.64. The summed E-state index contributed by atoms with van der Waals surface area (Å²) < 4.78 is 51.8. The highest BCUT2D eigenvalue weighted by Crippen LogP contribution is 2.30. The molecule has 0 bridgehead atoms. The lowest BCUT2D eigenvalue weighted by Crippen LogP contribution is -2.57. The minimum Gasteiger partial charge on any atom is -0.714 e. The summed E-state index contributed by atoms with van der Waals surface area (Å²) in [5.41, 5.74) is -1.22. The second-order valence-electron chi connectivity index (χ2n) is 5.19. The normalized spacial score (nSPS) is 31.9. The summed E-state index contributed by atoms with van der Waals surface area (Å²) in [6.45, 7) is -0.634. The van der Waals surface area contributed by atoms with Crippen molar-refractivity contribution in [2.24, 2.45) is 5.16 Å². The van der Waals surface area contributed by atoms with E-state index in [0.29, 0.717) is 11.8 Å². The molecule has 0 aromatic heterocycles. The van der Waals surface area contributed by atoms with Gasteiger partial charge < -0.3 is 29.7 Å². The summed E-state index contributed by atoms with van der Waals surface area (Å²) in [4.78, 5) is 0. The molecule has 11 nitrogen and oxygen atoms in total. The summed E-state index contributed by atoms with van der Waals surface area (Å²) in [6.07, 6.45) is -2.62. The summed E-state index contributed by atoms with van der Waals surface area (Å²) >= 11 is 0.656. The van der Waals surface area contributed by atoms with Gasteiger partial charge in [-0.05, 0) is 11.8 Å². The van der Waals surface area contributed by atoms with Gasteiger partial charge in [0, 0.05) is 23.5 Å². The average molecular weight is 434 g/mol. The van der Waals surface area contributed by atoms with E-state index in [9.17, 15) is 32.5 Å². The van der Waals surface area contributed by atoms with E-state index in [4.69, 9.17) is 9.84 Å². The number of thioether (sulfide) groups is 1. The van der Waals surface area contributed by atoms with Gasteiger partial charge in [-0.25, -0.2) is 0 Å². The smallest absolute Gasteiger partial charge is 0.284 e. The van der Waals surface area contributed by atoms with Crippen LogP contribution in [0.1, 0.15) is 12.8 Å². The van der Waals surface area contributed by atoms with Crippen molar-refractivity contribution in [2.45, 2.75) is 42.7 Å². The Labute approximate surface area is 157 Å². The third-order valence-electron chi connectivity index (χ3n) is 3.14. The molecule has 152 valence electrons. The van der Waals surface area contributed by atoms with Crippen LogP contribution in [0.2, 0.25) is 0 Å². The molecule has 0 aliphatic carbocycles. The van der Waals surface area contributed by atoms with Crippen molar-refractivity contribution in [3.63, 3.8) is 0 Å². The molecule has 1 saturated heterocycles. The van der Waals surface area contributed by atoms with E-state index in [1.807, 2.05) is 0 Å². The van der Waals surface area contributed by atoms with E-state index < -0.39 is 57.7 Å². The maximum atomic E-state index is 11.0. The van der Waals surface area contributed by atoms with Gasteiger partial charge in [-0.2, -0.15) is 8.42 Å².